The van der Waals surface area contributed by atoms with E-state index >= 15 is 0 Å². The number of aromatic nitrogens is 1. The van der Waals surface area contributed by atoms with Gasteiger partial charge in [-0.15, -0.1) is 0 Å². The van der Waals surface area contributed by atoms with Crippen molar-refractivity contribution >= 4 is 11.8 Å². The van der Waals surface area contributed by atoms with Crippen molar-refractivity contribution in [2.45, 2.75) is 13.3 Å². The largest absolute Gasteiger partial charge is 0.341 e. The van der Waals surface area contributed by atoms with E-state index in [-0.39, 0.29) is 17.4 Å². The van der Waals surface area contributed by atoms with Crippen LogP contribution in [-0.4, -0.2) is 52.8 Å². The van der Waals surface area contributed by atoms with E-state index in [0.717, 1.165) is 6.42 Å². The number of rotatable bonds is 1. The van der Waals surface area contributed by atoms with Crippen molar-refractivity contribution in [1.82, 2.24) is 14.8 Å². The quantitative estimate of drug-likeness (QED) is 0.779. The van der Waals surface area contributed by atoms with Crippen LogP contribution in [0.2, 0.25) is 0 Å². The first-order valence-electron chi connectivity index (χ1n) is 6.32. The maximum absolute atomic E-state index is 12.2. The van der Waals surface area contributed by atoms with E-state index < -0.39 is 0 Å². The van der Waals surface area contributed by atoms with Gasteiger partial charge in [0.2, 0.25) is 11.5 Å². The second-order valence-corrected chi connectivity index (χ2v) is 4.58. The van der Waals surface area contributed by atoms with Gasteiger partial charge >= 0.3 is 0 Å². The van der Waals surface area contributed by atoms with Crippen molar-refractivity contribution < 1.29 is 9.59 Å². The minimum atomic E-state index is -0.286. The number of hydrogen-bond donors (Lipinski definition) is 1. The molecule has 2 amide bonds. The lowest BCUT2D eigenvalue weighted by atomic mass is 10.3. The highest BCUT2D eigenvalue weighted by Crippen LogP contribution is 2.07. The molecule has 0 bridgehead atoms. The summed E-state index contributed by atoms with van der Waals surface area (Å²) >= 11 is 0. The maximum atomic E-state index is 12.2. The predicted molar refractivity (Wildman–Crippen MR) is 69.8 cm³/mol. The molecule has 0 aromatic carbocycles. The molecule has 1 N–H and O–H groups in total. The summed E-state index contributed by atoms with van der Waals surface area (Å²) in [4.78, 5) is 40.7. The van der Waals surface area contributed by atoms with E-state index in [1.54, 1.807) is 21.9 Å². The van der Waals surface area contributed by atoms with E-state index in [9.17, 15) is 14.4 Å². The molecule has 0 unspecified atom stereocenters. The van der Waals surface area contributed by atoms with Crippen LogP contribution in [0, 0.1) is 0 Å². The summed E-state index contributed by atoms with van der Waals surface area (Å²) in [6.07, 6.45) is 0.752. The molecule has 0 aliphatic carbocycles. The standard InChI is InChI=1S/C13H17N3O3/c1-10(17)15-6-3-7-16(9-8-15)13(19)11-4-2-5-12(18)14-11/h2,4-5H,3,6-9H2,1H3,(H,14,18). The van der Waals surface area contributed by atoms with Crippen molar-refractivity contribution in [2.75, 3.05) is 26.2 Å². The second kappa shape index (κ2) is 5.69. The molecule has 1 aromatic rings. The molecule has 6 nitrogen and oxygen atoms in total. The zero-order valence-corrected chi connectivity index (χ0v) is 10.9. The number of hydrogen-bond acceptors (Lipinski definition) is 3. The number of pyridine rings is 1. The molecule has 1 saturated heterocycles. The molecule has 0 saturated carbocycles. The number of carbonyl (C=O) groups is 2. The van der Waals surface area contributed by atoms with Gasteiger partial charge in [-0.3, -0.25) is 14.4 Å². The van der Waals surface area contributed by atoms with Crippen molar-refractivity contribution in [1.29, 1.82) is 0 Å². The van der Waals surface area contributed by atoms with E-state index in [0.29, 0.717) is 31.9 Å². The van der Waals surface area contributed by atoms with Gasteiger partial charge in [0, 0.05) is 39.2 Å². The first-order valence-corrected chi connectivity index (χ1v) is 6.32. The van der Waals surface area contributed by atoms with Crippen LogP contribution >= 0.6 is 0 Å². The van der Waals surface area contributed by atoms with Crippen LogP contribution in [0.3, 0.4) is 0 Å². The Morgan fingerprint density at radius 2 is 1.79 bits per heavy atom. The van der Waals surface area contributed by atoms with Crippen LogP contribution in [-0.2, 0) is 4.79 Å². The van der Waals surface area contributed by atoms with E-state index in [1.165, 1.54) is 13.0 Å². The monoisotopic (exact) mass is 263 g/mol. The number of amides is 2. The molecular weight excluding hydrogens is 246 g/mol. The number of nitrogens with zero attached hydrogens (tertiary/aromatic N) is 2. The third-order valence-electron chi connectivity index (χ3n) is 3.23. The van der Waals surface area contributed by atoms with Crippen LogP contribution in [0.4, 0.5) is 0 Å². The predicted octanol–water partition coefficient (Wildman–Crippen LogP) is 0.0693. The molecule has 2 heterocycles. The summed E-state index contributed by atoms with van der Waals surface area (Å²) in [6.45, 7) is 3.84. The SMILES string of the molecule is CC(=O)N1CCCN(C(=O)c2cccc(=O)[nH]2)CC1. The average Bonchev–Trinajstić information content (AvgIpc) is 2.63. The minimum Gasteiger partial charge on any atom is -0.341 e. The van der Waals surface area contributed by atoms with Gasteiger partial charge in [0.25, 0.3) is 5.91 Å². The third kappa shape index (κ3) is 3.21. The molecular formula is C13H17N3O3. The lowest BCUT2D eigenvalue weighted by Crippen LogP contribution is -2.37. The van der Waals surface area contributed by atoms with Gasteiger partial charge in [0.15, 0.2) is 0 Å². The Morgan fingerprint density at radius 3 is 2.47 bits per heavy atom. The van der Waals surface area contributed by atoms with Gasteiger partial charge in [-0.25, -0.2) is 0 Å². The van der Waals surface area contributed by atoms with Crippen LogP contribution in [0.5, 0.6) is 0 Å². The van der Waals surface area contributed by atoms with Gasteiger partial charge in [0.1, 0.15) is 5.69 Å². The Morgan fingerprint density at radius 1 is 1.11 bits per heavy atom. The summed E-state index contributed by atoms with van der Waals surface area (Å²) in [7, 11) is 0. The van der Waals surface area contributed by atoms with E-state index in [1.807, 2.05) is 0 Å². The third-order valence-corrected chi connectivity index (χ3v) is 3.23. The van der Waals surface area contributed by atoms with Gasteiger partial charge in [-0.1, -0.05) is 6.07 Å². The zero-order valence-electron chi connectivity index (χ0n) is 10.9. The van der Waals surface area contributed by atoms with E-state index in [4.69, 9.17) is 0 Å². The lowest BCUT2D eigenvalue weighted by molar-refractivity contribution is -0.128. The molecule has 1 aromatic heterocycles. The topological polar surface area (TPSA) is 73.5 Å². The first kappa shape index (κ1) is 13.3. The second-order valence-electron chi connectivity index (χ2n) is 4.58. The summed E-state index contributed by atoms with van der Waals surface area (Å²) in [6, 6.07) is 4.53. The van der Waals surface area contributed by atoms with Crippen LogP contribution in [0.15, 0.2) is 23.0 Å². The van der Waals surface area contributed by atoms with E-state index in [2.05, 4.69) is 4.98 Å². The van der Waals surface area contributed by atoms with Crippen molar-refractivity contribution in [3.05, 3.63) is 34.2 Å². The Kier molecular flexibility index (Phi) is 3.99. The van der Waals surface area contributed by atoms with Gasteiger partial charge in [-0.2, -0.15) is 0 Å². The Hall–Kier alpha value is -2.11. The highest BCUT2D eigenvalue weighted by Gasteiger charge is 2.21. The molecule has 0 spiro atoms. The lowest BCUT2D eigenvalue weighted by Gasteiger charge is -2.21. The normalized spacial score (nSPS) is 16.1. The molecule has 1 fully saturated rings. The number of nitrogens with one attached hydrogen (secondary N) is 1. The molecule has 0 atom stereocenters. The Labute approximate surface area is 111 Å². The fraction of sp³-hybridized carbons (Fsp3) is 0.462. The first-order chi connectivity index (χ1) is 9.08. The fourth-order valence-corrected chi connectivity index (χ4v) is 2.18. The van der Waals surface area contributed by atoms with Crippen molar-refractivity contribution in [3.8, 4) is 0 Å². The van der Waals surface area contributed by atoms with Crippen molar-refractivity contribution in [3.63, 3.8) is 0 Å². The Bertz CT molecular complexity index is 538. The number of aromatic amines is 1. The molecule has 1 aliphatic rings. The minimum absolute atomic E-state index is 0.0300. The number of H-pyrrole nitrogens is 1. The summed E-state index contributed by atoms with van der Waals surface area (Å²) in [5.41, 5.74) is 0.00908. The zero-order chi connectivity index (χ0) is 13.8. The molecule has 19 heavy (non-hydrogen) atoms. The van der Waals surface area contributed by atoms with Crippen LogP contribution < -0.4 is 5.56 Å². The molecule has 1 aliphatic heterocycles. The summed E-state index contributed by atoms with van der Waals surface area (Å²) in [5.74, 6) is -0.162. The maximum Gasteiger partial charge on any atom is 0.270 e. The molecule has 2 rings (SSSR count). The van der Waals surface area contributed by atoms with Crippen molar-refractivity contribution in [2.24, 2.45) is 0 Å². The average molecular weight is 263 g/mol. The summed E-state index contributed by atoms with van der Waals surface area (Å²) < 4.78 is 0. The highest BCUT2D eigenvalue weighted by atomic mass is 16.2. The van der Waals surface area contributed by atoms with Crippen LogP contribution in [0.1, 0.15) is 23.8 Å². The van der Waals surface area contributed by atoms with Gasteiger partial charge in [0.05, 0.1) is 0 Å². The van der Waals surface area contributed by atoms with Gasteiger partial charge < -0.3 is 14.8 Å². The summed E-state index contributed by atoms with van der Waals surface area (Å²) in [5, 5.41) is 0. The van der Waals surface area contributed by atoms with Gasteiger partial charge in [-0.05, 0) is 12.5 Å². The highest BCUT2D eigenvalue weighted by molar-refractivity contribution is 5.92. The van der Waals surface area contributed by atoms with Crippen LogP contribution in [0.25, 0.3) is 0 Å². The molecule has 102 valence electrons. The molecule has 6 heteroatoms. The molecule has 0 radical (unpaired) electrons. The fourth-order valence-electron chi connectivity index (χ4n) is 2.18. The smallest absolute Gasteiger partial charge is 0.270 e. The number of carbonyl (C=O) groups excluding carboxylic acids is 2. The Balaban J connectivity index is 2.08.